The van der Waals surface area contributed by atoms with Crippen molar-refractivity contribution in [2.45, 2.75) is 19.4 Å². The highest BCUT2D eigenvalue weighted by Gasteiger charge is 2.27. The predicted molar refractivity (Wildman–Crippen MR) is 101 cm³/mol. The van der Waals surface area contributed by atoms with Gasteiger partial charge in [-0.3, -0.25) is 14.5 Å². The molecular formula is C20H18BrNO5. The van der Waals surface area contributed by atoms with Crippen LogP contribution in [0.3, 0.4) is 0 Å². The summed E-state index contributed by atoms with van der Waals surface area (Å²) < 4.78 is 11.8. The van der Waals surface area contributed by atoms with Crippen molar-refractivity contribution in [3.63, 3.8) is 0 Å². The zero-order valence-corrected chi connectivity index (χ0v) is 16.1. The Morgan fingerprint density at radius 1 is 1.07 bits per heavy atom. The minimum Gasteiger partial charge on any atom is -0.488 e. The van der Waals surface area contributed by atoms with E-state index in [0.717, 1.165) is 14.9 Å². The summed E-state index contributed by atoms with van der Waals surface area (Å²) in [6.45, 7) is 0.178. The highest BCUT2D eigenvalue weighted by molar-refractivity contribution is 9.10. The molecule has 0 unspecified atom stereocenters. The lowest BCUT2D eigenvalue weighted by atomic mass is 10.2. The summed E-state index contributed by atoms with van der Waals surface area (Å²) >= 11 is 3.45. The van der Waals surface area contributed by atoms with Crippen LogP contribution in [0.4, 0.5) is 0 Å². The molecule has 0 spiro atoms. The van der Waals surface area contributed by atoms with Crippen LogP contribution in [0.1, 0.15) is 28.8 Å². The average molecular weight is 432 g/mol. The third-order valence-corrected chi connectivity index (χ3v) is 4.92. The van der Waals surface area contributed by atoms with Crippen LogP contribution in [0.25, 0.3) is 0 Å². The molecule has 0 saturated carbocycles. The van der Waals surface area contributed by atoms with Crippen LogP contribution in [-0.2, 0) is 20.9 Å². The number of likely N-dealkylation sites (tertiary alicyclic amines) is 1. The first-order chi connectivity index (χ1) is 13.1. The van der Waals surface area contributed by atoms with Gasteiger partial charge in [0.2, 0.25) is 5.91 Å². The van der Waals surface area contributed by atoms with Crippen molar-refractivity contribution >= 4 is 33.7 Å². The number of benzene rings is 2. The molecule has 1 aliphatic rings. The van der Waals surface area contributed by atoms with Crippen LogP contribution in [0.15, 0.2) is 53.0 Å². The highest BCUT2D eigenvalue weighted by atomic mass is 79.9. The molecule has 2 aromatic rings. The van der Waals surface area contributed by atoms with Gasteiger partial charge in [-0.2, -0.15) is 0 Å². The quantitative estimate of drug-likeness (QED) is 0.655. The zero-order valence-electron chi connectivity index (χ0n) is 14.5. The van der Waals surface area contributed by atoms with Gasteiger partial charge >= 0.3 is 5.97 Å². The van der Waals surface area contributed by atoms with E-state index >= 15 is 0 Å². The van der Waals surface area contributed by atoms with Crippen molar-refractivity contribution in [1.29, 1.82) is 0 Å². The smallest absolute Gasteiger partial charge is 0.342 e. The molecule has 1 heterocycles. The third kappa shape index (κ3) is 4.74. The van der Waals surface area contributed by atoms with E-state index < -0.39 is 18.5 Å². The molecule has 1 fully saturated rings. The summed E-state index contributed by atoms with van der Waals surface area (Å²) in [5.74, 6) is -1.04. The second-order valence-electron chi connectivity index (χ2n) is 6.00. The molecule has 7 heteroatoms. The van der Waals surface area contributed by atoms with E-state index in [9.17, 15) is 14.4 Å². The van der Waals surface area contributed by atoms with Gasteiger partial charge in [0.25, 0.3) is 5.91 Å². The van der Waals surface area contributed by atoms with Crippen LogP contribution in [0.2, 0.25) is 0 Å². The fourth-order valence-corrected chi connectivity index (χ4v) is 3.13. The van der Waals surface area contributed by atoms with Crippen molar-refractivity contribution < 1.29 is 23.9 Å². The second-order valence-corrected chi connectivity index (χ2v) is 6.85. The molecule has 2 aromatic carbocycles. The Bertz CT molecular complexity index is 867. The number of nitrogens with zero attached hydrogens (tertiary/aromatic N) is 1. The number of ether oxygens (including phenoxy) is 2. The molecule has 3 rings (SSSR count). The lowest BCUT2D eigenvalue weighted by Gasteiger charge is -2.14. The van der Waals surface area contributed by atoms with Crippen molar-refractivity contribution in [2.75, 3.05) is 13.2 Å². The van der Waals surface area contributed by atoms with Crippen LogP contribution in [0.5, 0.6) is 5.75 Å². The van der Waals surface area contributed by atoms with E-state index in [2.05, 4.69) is 15.9 Å². The SMILES string of the molecule is O=C(OCC(=O)N1CCCC1=O)c1ccccc1OCc1ccccc1Br. The van der Waals surface area contributed by atoms with Gasteiger partial charge in [0, 0.05) is 23.0 Å². The number of halogens is 1. The summed E-state index contributed by atoms with van der Waals surface area (Å²) in [7, 11) is 0. The Morgan fingerprint density at radius 2 is 1.81 bits per heavy atom. The van der Waals surface area contributed by atoms with Gasteiger partial charge < -0.3 is 9.47 Å². The number of carbonyl (C=O) groups excluding carboxylic acids is 3. The van der Waals surface area contributed by atoms with Crippen molar-refractivity contribution in [2.24, 2.45) is 0 Å². The fourth-order valence-electron chi connectivity index (χ4n) is 2.73. The van der Waals surface area contributed by atoms with E-state index in [1.807, 2.05) is 24.3 Å². The van der Waals surface area contributed by atoms with E-state index in [4.69, 9.17) is 9.47 Å². The summed E-state index contributed by atoms with van der Waals surface area (Å²) in [5.41, 5.74) is 1.16. The molecule has 0 aliphatic carbocycles. The molecule has 0 atom stereocenters. The number of amides is 2. The molecule has 0 radical (unpaired) electrons. The van der Waals surface area contributed by atoms with Gasteiger partial charge in [0.15, 0.2) is 6.61 Å². The number of hydrogen-bond acceptors (Lipinski definition) is 5. The number of hydrogen-bond donors (Lipinski definition) is 0. The summed E-state index contributed by atoms with van der Waals surface area (Å²) in [5, 5.41) is 0. The minimum atomic E-state index is -0.669. The molecule has 2 amide bonds. The molecular weight excluding hydrogens is 414 g/mol. The van der Waals surface area contributed by atoms with E-state index in [1.54, 1.807) is 24.3 Å². The van der Waals surface area contributed by atoms with Gasteiger partial charge in [0.05, 0.1) is 0 Å². The summed E-state index contributed by atoms with van der Waals surface area (Å²) in [6.07, 6.45) is 0.996. The molecule has 140 valence electrons. The molecule has 0 N–H and O–H groups in total. The van der Waals surface area contributed by atoms with Crippen LogP contribution in [-0.4, -0.2) is 35.8 Å². The van der Waals surface area contributed by atoms with Gasteiger partial charge in [-0.05, 0) is 24.6 Å². The lowest BCUT2D eigenvalue weighted by molar-refractivity contribution is -0.143. The van der Waals surface area contributed by atoms with E-state index in [-0.39, 0.29) is 18.1 Å². The second kappa shape index (κ2) is 8.81. The van der Waals surface area contributed by atoms with Gasteiger partial charge in [-0.25, -0.2) is 4.79 Å². The highest BCUT2D eigenvalue weighted by Crippen LogP contribution is 2.23. The number of imide groups is 1. The molecule has 1 aliphatic heterocycles. The monoisotopic (exact) mass is 431 g/mol. The summed E-state index contributed by atoms with van der Waals surface area (Å²) in [6, 6.07) is 14.3. The third-order valence-electron chi connectivity index (χ3n) is 4.15. The fraction of sp³-hybridized carbons (Fsp3) is 0.250. The Kier molecular flexibility index (Phi) is 6.24. The zero-order chi connectivity index (χ0) is 19.2. The Balaban J connectivity index is 1.62. The maximum Gasteiger partial charge on any atom is 0.342 e. The number of carbonyl (C=O) groups is 3. The van der Waals surface area contributed by atoms with E-state index in [1.165, 1.54) is 0 Å². The topological polar surface area (TPSA) is 72.9 Å². The van der Waals surface area contributed by atoms with Crippen LogP contribution < -0.4 is 4.74 Å². The standard InChI is InChI=1S/C20H18BrNO5/c21-16-8-3-1-6-14(16)12-26-17-9-4-2-7-15(17)20(25)27-13-19(24)22-11-5-10-18(22)23/h1-4,6-9H,5,10-13H2. The summed E-state index contributed by atoms with van der Waals surface area (Å²) in [4.78, 5) is 37.1. The van der Waals surface area contributed by atoms with Crippen molar-refractivity contribution in [3.05, 3.63) is 64.1 Å². The maximum atomic E-state index is 12.4. The maximum absolute atomic E-state index is 12.4. The number of para-hydroxylation sites is 1. The minimum absolute atomic E-state index is 0.227. The first kappa shape index (κ1) is 19.1. The van der Waals surface area contributed by atoms with Gasteiger partial charge in [-0.1, -0.05) is 46.3 Å². The average Bonchev–Trinajstić information content (AvgIpc) is 3.11. The Morgan fingerprint density at radius 3 is 2.56 bits per heavy atom. The van der Waals surface area contributed by atoms with E-state index in [0.29, 0.717) is 25.1 Å². The predicted octanol–water partition coefficient (Wildman–Crippen LogP) is 3.33. The van der Waals surface area contributed by atoms with Crippen LogP contribution in [0, 0.1) is 0 Å². The van der Waals surface area contributed by atoms with Gasteiger partial charge in [0.1, 0.15) is 17.9 Å². The molecule has 0 aromatic heterocycles. The Hall–Kier alpha value is -2.67. The Labute approximate surface area is 165 Å². The first-order valence-corrected chi connectivity index (χ1v) is 9.31. The molecule has 1 saturated heterocycles. The number of rotatable bonds is 6. The normalized spacial score (nSPS) is 13.5. The number of esters is 1. The first-order valence-electron chi connectivity index (χ1n) is 8.52. The molecule has 27 heavy (non-hydrogen) atoms. The van der Waals surface area contributed by atoms with Gasteiger partial charge in [-0.15, -0.1) is 0 Å². The lowest BCUT2D eigenvalue weighted by Crippen LogP contribution is -2.35. The molecule has 6 nitrogen and oxygen atoms in total. The van der Waals surface area contributed by atoms with Crippen LogP contribution >= 0.6 is 15.9 Å². The van der Waals surface area contributed by atoms with Crippen molar-refractivity contribution in [1.82, 2.24) is 4.90 Å². The molecule has 0 bridgehead atoms. The largest absolute Gasteiger partial charge is 0.488 e. The van der Waals surface area contributed by atoms with Crippen molar-refractivity contribution in [3.8, 4) is 5.75 Å².